The van der Waals surface area contributed by atoms with E-state index in [4.69, 9.17) is 9.97 Å². The largest absolute Gasteiger partial charge is 0.236 e. The molecule has 2 heterocycles. The fraction of sp³-hybridized carbons (Fsp3) is 0.364. The fourth-order valence-electron chi connectivity index (χ4n) is 6.51. The van der Waals surface area contributed by atoms with Gasteiger partial charge in [-0.2, -0.15) is 0 Å². The number of thiazole rings is 2. The van der Waals surface area contributed by atoms with Crippen LogP contribution in [0.25, 0.3) is 55.5 Å². The second-order valence-electron chi connectivity index (χ2n) is 13.2. The second kappa shape index (κ2) is 17.7. The summed E-state index contributed by atoms with van der Waals surface area (Å²) in [6.45, 7) is 4.55. The maximum atomic E-state index is 5.07. The van der Waals surface area contributed by atoms with Gasteiger partial charge in [-0.15, -0.1) is 22.7 Å². The van der Waals surface area contributed by atoms with E-state index in [9.17, 15) is 0 Å². The first-order valence-electron chi connectivity index (χ1n) is 18.4. The molecule has 2 nitrogen and oxygen atoms in total. The molecule has 6 rings (SSSR count). The molecular weight excluding hydrogens is 621 g/mol. The molecule has 0 radical (unpaired) electrons. The van der Waals surface area contributed by atoms with Crippen LogP contribution in [0, 0.1) is 0 Å². The molecule has 0 saturated heterocycles. The normalized spacial score (nSPS) is 12.1. The first-order chi connectivity index (χ1) is 23.7. The Morgan fingerprint density at radius 1 is 0.438 bits per heavy atom. The van der Waals surface area contributed by atoms with Gasteiger partial charge in [0.2, 0.25) is 0 Å². The summed E-state index contributed by atoms with van der Waals surface area (Å²) in [6.07, 6.45) is 27.2. The van der Waals surface area contributed by atoms with Crippen molar-refractivity contribution in [2.24, 2.45) is 0 Å². The summed E-state index contributed by atoms with van der Waals surface area (Å²) in [5.74, 6) is 0. The van der Waals surface area contributed by atoms with E-state index in [-0.39, 0.29) is 0 Å². The summed E-state index contributed by atoms with van der Waals surface area (Å²) < 4.78 is 2.43. The zero-order valence-electron chi connectivity index (χ0n) is 28.8. The van der Waals surface area contributed by atoms with Gasteiger partial charge < -0.3 is 0 Å². The molecule has 0 aliphatic rings. The Hall–Kier alpha value is -3.60. The second-order valence-corrected chi connectivity index (χ2v) is 15.3. The molecule has 0 spiro atoms. The van der Waals surface area contributed by atoms with Crippen LogP contribution in [-0.4, -0.2) is 9.97 Å². The lowest BCUT2D eigenvalue weighted by atomic mass is 10.0. The van der Waals surface area contributed by atoms with Gasteiger partial charge in [-0.3, -0.25) is 0 Å². The molecule has 0 saturated carbocycles. The minimum atomic E-state index is 1.04. The van der Waals surface area contributed by atoms with Gasteiger partial charge in [0, 0.05) is 10.8 Å². The molecule has 6 aromatic rings. The number of hydrogen-bond donors (Lipinski definition) is 0. The highest BCUT2D eigenvalue weighted by molar-refractivity contribution is 7.20. The molecule has 48 heavy (non-hydrogen) atoms. The van der Waals surface area contributed by atoms with Crippen LogP contribution in [0.1, 0.15) is 123 Å². The van der Waals surface area contributed by atoms with Crippen molar-refractivity contribution in [2.75, 3.05) is 0 Å². The highest BCUT2D eigenvalue weighted by atomic mass is 32.1. The van der Waals surface area contributed by atoms with Gasteiger partial charge in [-0.05, 0) is 72.2 Å². The topological polar surface area (TPSA) is 25.8 Å². The lowest BCUT2D eigenvalue weighted by Crippen LogP contribution is -1.86. The van der Waals surface area contributed by atoms with Crippen LogP contribution < -0.4 is 0 Å². The molecule has 0 aliphatic heterocycles. The van der Waals surface area contributed by atoms with Gasteiger partial charge in [0.25, 0.3) is 0 Å². The Morgan fingerprint density at radius 3 is 1.25 bits per heavy atom. The Bertz CT molecular complexity index is 1800. The van der Waals surface area contributed by atoms with E-state index >= 15 is 0 Å². The maximum Gasteiger partial charge on any atom is 0.117 e. The summed E-state index contributed by atoms with van der Waals surface area (Å²) in [5, 5.41) is 4.43. The number of aryl methyl sites for hydroxylation is 2. The molecular formula is C44H50N2S2. The molecule has 0 unspecified atom stereocenters. The lowest BCUT2D eigenvalue weighted by Gasteiger charge is -2.02. The summed E-state index contributed by atoms with van der Waals surface area (Å²) in [6, 6.07) is 27.0. The first kappa shape index (κ1) is 34.3. The van der Waals surface area contributed by atoms with Gasteiger partial charge in [-0.25, -0.2) is 9.97 Å². The molecule has 0 fully saturated rings. The highest BCUT2D eigenvalue weighted by Gasteiger charge is 2.12. The molecule has 4 heteroatoms. The predicted molar refractivity (Wildman–Crippen MR) is 215 cm³/mol. The van der Waals surface area contributed by atoms with Crippen LogP contribution in [0.3, 0.4) is 0 Å². The van der Waals surface area contributed by atoms with Crippen LogP contribution in [-0.2, 0) is 12.8 Å². The smallest absolute Gasteiger partial charge is 0.117 e. The number of aromatic nitrogens is 2. The Balaban J connectivity index is 1.08. The zero-order valence-corrected chi connectivity index (χ0v) is 30.5. The lowest BCUT2D eigenvalue weighted by molar-refractivity contribution is 0.607. The minimum absolute atomic E-state index is 1.04. The van der Waals surface area contributed by atoms with Gasteiger partial charge in [0.05, 0.1) is 20.4 Å². The van der Waals surface area contributed by atoms with E-state index in [2.05, 4.69) is 111 Å². The van der Waals surface area contributed by atoms with Crippen LogP contribution in [0.15, 0.2) is 72.8 Å². The molecule has 0 aliphatic carbocycles. The summed E-state index contributed by atoms with van der Waals surface area (Å²) in [7, 11) is 0. The van der Waals surface area contributed by atoms with Crippen LogP contribution in [0.2, 0.25) is 0 Å². The average Bonchev–Trinajstić information content (AvgIpc) is 3.74. The Morgan fingerprint density at radius 2 is 0.833 bits per heavy atom. The number of nitrogens with zero attached hydrogens (tertiary/aromatic N) is 2. The molecule has 0 amide bonds. The van der Waals surface area contributed by atoms with E-state index in [0.29, 0.717) is 0 Å². The highest BCUT2D eigenvalue weighted by Crippen LogP contribution is 2.36. The Kier molecular flexibility index (Phi) is 12.6. The van der Waals surface area contributed by atoms with E-state index < -0.39 is 0 Å². The average molecular weight is 671 g/mol. The quantitative estimate of drug-likeness (QED) is 0.0851. The van der Waals surface area contributed by atoms with Gasteiger partial charge in [0.1, 0.15) is 10.0 Å². The molecule has 0 atom stereocenters. The number of benzene rings is 4. The van der Waals surface area contributed by atoms with Crippen molar-refractivity contribution in [1.29, 1.82) is 0 Å². The monoisotopic (exact) mass is 670 g/mol. The number of unbranched alkanes of at least 4 members (excludes halogenated alkanes) is 10. The third-order valence-corrected chi connectivity index (χ3v) is 11.3. The van der Waals surface area contributed by atoms with E-state index in [1.165, 1.54) is 132 Å². The van der Waals surface area contributed by atoms with Crippen molar-refractivity contribution in [3.05, 3.63) is 105 Å². The van der Waals surface area contributed by atoms with Crippen molar-refractivity contribution in [3.8, 4) is 0 Å². The Labute approximate surface area is 295 Å². The van der Waals surface area contributed by atoms with Crippen LogP contribution in [0.4, 0.5) is 0 Å². The van der Waals surface area contributed by atoms with E-state index in [0.717, 1.165) is 21.0 Å². The maximum absolute atomic E-state index is 5.07. The predicted octanol–water partition coefficient (Wildman–Crippen LogP) is 14.2. The molecule has 0 N–H and O–H groups in total. The number of hydrogen-bond acceptors (Lipinski definition) is 4. The number of fused-ring (bicyclic) bond motifs is 5. The van der Waals surface area contributed by atoms with Crippen molar-refractivity contribution in [1.82, 2.24) is 9.97 Å². The standard InChI is InChI=1S/C44H50N2S2/c1-3-5-7-9-11-13-15-33-17-21-35(22-18-33)25-31-41-45-43-37-28-30-40-44(38(37)27-29-39(43)47-41)46-42(48-40)32-26-36-23-19-34(20-24-36)16-14-12-10-8-6-4-2/h17-32H,3-16H2,1-2H3/b31-25+,32-26+. The van der Waals surface area contributed by atoms with Crippen molar-refractivity contribution in [3.63, 3.8) is 0 Å². The van der Waals surface area contributed by atoms with Gasteiger partial charge >= 0.3 is 0 Å². The third-order valence-electron chi connectivity index (χ3n) is 9.38. The minimum Gasteiger partial charge on any atom is -0.236 e. The van der Waals surface area contributed by atoms with E-state index in [1.54, 1.807) is 22.7 Å². The molecule has 2 aromatic heterocycles. The SMILES string of the molecule is CCCCCCCCc1ccc(/C=C/c2nc3c(ccc4c3ccc3sc(/C=C/c5ccc(CCCCCCCC)cc5)nc34)s2)cc1. The van der Waals surface area contributed by atoms with Gasteiger partial charge in [-0.1, -0.05) is 151 Å². The van der Waals surface area contributed by atoms with Crippen molar-refractivity contribution in [2.45, 2.75) is 104 Å². The molecule has 0 bridgehead atoms. The summed E-state index contributed by atoms with van der Waals surface area (Å²) >= 11 is 3.50. The van der Waals surface area contributed by atoms with E-state index in [1.807, 2.05) is 0 Å². The zero-order chi connectivity index (χ0) is 33.0. The van der Waals surface area contributed by atoms with Crippen LogP contribution in [0.5, 0.6) is 0 Å². The first-order valence-corrected chi connectivity index (χ1v) is 20.0. The molecule has 248 valence electrons. The third kappa shape index (κ3) is 9.30. The summed E-state index contributed by atoms with van der Waals surface area (Å²) in [5.41, 5.74) is 7.46. The van der Waals surface area contributed by atoms with Crippen LogP contribution >= 0.6 is 22.7 Å². The van der Waals surface area contributed by atoms with Crippen molar-refractivity contribution >= 4 is 78.2 Å². The van der Waals surface area contributed by atoms with Crippen molar-refractivity contribution < 1.29 is 0 Å². The number of rotatable bonds is 18. The fourth-order valence-corrected chi connectivity index (χ4v) is 8.28. The summed E-state index contributed by atoms with van der Waals surface area (Å²) in [4.78, 5) is 10.1. The molecule has 4 aromatic carbocycles. The van der Waals surface area contributed by atoms with Gasteiger partial charge in [0.15, 0.2) is 0 Å².